The van der Waals surface area contributed by atoms with Crippen LogP contribution in [-0.2, 0) is 16.0 Å². The minimum absolute atomic E-state index is 0.0637. The number of nitrogens with zero attached hydrogens (tertiary/aromatic N) is 2. The van der Waals surface area contributed by atoms with E-state index in [1.807, 2.05) is 24.6 Å². The van der Waals surface area contributed by atoms with E-state index in [0.717, 1.165) is 16.0 Å². The summed E-state index contributed by atoms with van der Waals surface area (Å²) in [4.78, 5) is 1.96. The Balaban J connectivity index is 2.04. The Labute approximate surface area is 210 Å². The third kappa shape index (κ3) is 5.29. The lowest BCUT2D eigenvalue weighted by Crippen LogP contribution is -2.08. The molecule has 0 radical (unpaired) electrons. The van der Waals surface area contributed by atoms with Crippen LogP contribution in [0.25, 0.3) is 28.1 Å². The maximum absolute atomic E-state index is 14.3. The van der Waals surface area contributed by atoms with Gasteiger partial charge in [-0.1, -0.05) is 24.3 Å². The summed E-state index contributed by atoms with van der Waals surface area (Å²) in [5.41, 5.74) is 0.396. The molecule has 182 valence electrons. The molecule has 0 aliphatic heterocycles. The zero-order valence-corrected chi connectivity index (χ0v) is 21.4. The van der Waals surface area contributed by atoms with Crippen LogP contribution in [0.1, 0.15) is 5.69 Å². The zero-order valence-electron chi connectivity index (χ0n) is 19.0. The van der Waals surface area contributed by atoms with Crippen LogP contribution in [0.5, 0.6) is 0 Å². The van der Waals surface area contributed by atoms with Crippen molar-refractivity contribution in [2.24, 2.45) is 0 Å². The Morgan fingerprint density at radius 3 is 1.71 bits per heavy atom. The Kier molecular flexibility index (Phi) is 7.08. The maximum Gasteiger partial charge on any atom is 0.435 e. The van der Waals surface area contributed by atoms with Crippen LogP contribution in [0.15, 0.2) is 87.5 Å². The minimum atomic E-state index is -4.71. The van der Waals surface area contributed by atoms with Gasteiger partial charge in [0.1, 0.15) is 0 Å². The lowest BCUT2D eigenvalue weighted by molar-refractivity contribution is -0.140. The van der Waals surface area contributed by atoms with Gasteiger partial charge in [-0.15, -0.1) is 23.5 Å². The van der Waals surface area contributed by atoms with Gasteiger partial charge >= 0.3 is 6.18 Å². The number of rotatable bonds is 6. The molecule has 0 aliphatic rings. The molecule has 10 heteroatoms. The van der Waals surface area contributed by atoms with Crippen molar-refractivity contribution in [1.82, 2.24) is 9.78 Å². The SMILES string of the molecule is CSc1ccc(-c2c(C(F)(F)F)nn(-c3ccc(SC)cc3)c2-c2ccc(S(C)(=O)=O)cc2)cc1. The van der Waals surface area contributed by atoms with E-state index in [-0.39, 0.29) is 16.2 Å². The van der Waals surface area contributed by atoms with Crippen molar-refractivity contribution in [2.45, 2.75) is 20.9 Å². The van der Waals surface area contributed by atoms with Crippen molar-refractivity contribution in [2.75, 3.05) is 18.8 Å². The predicted molar refractivity (Wildman–Crippen MR) is 136 cm³/mol. The summed E-state index contributed by atoms with van der Waals surface area (Å²) in [6.07, 6.45) is 0.177. The van der Waals surface area contributed by atoms with Gasteiger partial charge in [-0.2, -0.15) is 18.3 Å². The van der Waals surface area contributed by atoms with Crippen molar-refractivity contribution in [3.63, 3.8) is 0 Å². The Morgan fingerprint density at radius 2 is 1.26 bits per heavy atom. The van der Waals surface area contributed by atoms with E-state index in [9.17, 15) is 21.6 Å². The lowest BCUT2D eigenvalue weighted by atomic mass is 9.98. The fraction of sp³-hybridized carbons (Fsp3) is 0.160. The number of alkyl halides is 3. The smallest absolute Gasteiger partial charge is 0.232 e. The highest BCUT2D eigenvalue weighted by Crippen LogP contribution is 2.44. The maximum atomic E-state index is 14.3. The molecule has 0 N–H and O–H groups in total. The molecule has 4 nitrogen and oxygen atoms in total. The summed E-state index contributed by atoms with van der Waals surface area (Å²) < 4.78 is 68.0. The van der Waals surface area contributed by atoms with Crippen LogP contribution in [0.3, 0.4) is 0 Å². The monoisotopic (exact) mass is 534 g/mol. The van der Waals surface area contributed by atoms with E-state index >= 15 is 0 Å². The summed E-state index contributed by atoms with van der Waals surface area (Å²) in [5.74, 6) is 0. The van der Waals surface area contributed by atoms with E-state index in [1.165, 1.54) is 52.5 Å². The molecule has 4 aromatic rings. The van der Waals surface area contributed by atoms with Crippen molar-refractivity contribution in [3.8, 4) is 28.1 Å². The number of thioether (sulfide) groups is 2. The third-order valence-corrected chi connectivity index (χ3v) is 8.02. The van der Waals surface area contributed by atoms with Crippen LogP contribution in [-0.4, -0.2) is 37.0 Å². The molecule has 0 bridgehead atoms. The second kappa shape index (κ2) is 9.75. The van der Waals surface area contributed by atoms with Gasteiger partial charge in [0.05, 0.1) is 16.3 Å². The van der Waals surface area contributed by atoms with Crippen molar-refractivity contribution >= 4 is 33.4 Å². The molecule has 35 heavy (non-hydrogen) atoms. The van der Waals surface area contributed by atoms with Crippen LogP contribution in [0, 0.1) is 0 Å². The molecule has 0 fully saturated rings. The predicted octanol–water partition coefficient (Wildman–Crippen LogP) is 7.07. The van der Waals surface area contributed by atoms with E-state index < -0.39 is 21.7 Å². The summed E-state index contributed by atoms with van der Waals surface area (Å²) in [5, 5.41) is 4.04. The highest BCUT2D eigenvalue weighted by molar-refractivity contribution is 7.98. The number of sulfone groups is 1. The number of hydrogen-bond donors (Lipinski definition) is 0. The van der Waals surface area contributed by atoms with E-state index in [2.05, 4.69) is 5.10 Å². The molecule has 1 heterocycles. The molecular weight excluding hydrogens is 513 g/mol. The molecule has 1 aromatic heterocycles. The van der Waals surface area contributed by atoms with E-state index in [4.69, 9.17) is 0 Å². The van der Waals surface area contributed by atoms with Crippen LogP contribution in [0.4, 0.5) is 13.2 Å². The first kappa shape index (κ1) is 25.4. The standard InChI is InChI=1S/C25H21F3N2O2S3/c1-33-19-10-4-16(5-11-19)22-23(17-6-14-21(15-7-17)35(3,31)32)30(29-24(22)25(26,27)28)18-8-12-20(34-2)13-9-18/h4-15H,1-3H3. The van der Waals surface area contributed by atoms with Gasteiger partial charge < -0.3 is 0 Å². The molecule has 0 aliphatic carbocycles. The Hall–Kier alpha value is -2.69. The summed E-state index contributed by atoms with van der Waals surface area (Å²) in [7, 11) is -3.47. The average molecular weight is 535 g/mol. The number of benzene rings is 3. The van der Waals surface area contributed by atoms with Crippen LogP contribution >= 0.6 is 23.5 Å². The molecule has 0 amide bonds. The van der Waals surface area contributed by atoms with Crippen molar-refractivity contribution in [3.05, 3.63) is 78.5 Å². The molecule has 0 saturated carbocycles. The molecule has 0 atom stereocenters. The number of aromatic nitrogens is 2. The zero-order chi connectivity index (χ0) is 25.4. The molecule has 4 rings (SSSR count). The quantitative estimate of drug-likeness (QED) is 0.248. The normalized spacial score (nSPS) is 12.2. The summed E-state index contributed by atoms with van der Waals surface area (Å²) in [6.45, 7) is 0. The van der Waals surface area contributed by atoms with Gasteiger partial charge in [0.15, 0.2) is 15.5 Å². The third-order valence-electron chi connectivity index (χ3n) is 5.41. The topological polar surface area (TPSA) is 52.0 Å². The van der Waals surface area contributed by atoms with Gasteiger partial charge in [0.25, 0.3) is 0 Å². The molecule has 3 aromatic carbocycles. The second-order valence-electron chi connectivity index (χ2n) is 7.70. The summed E-state index contributed by atoms with van der Waals surface area (Å²) >= 11 is 3.01. The molecule has 0 spiro atoms. The lowest BCUT2D eigenvalue weighted by Gasteiger charge is -2.12. The highest BCUT2D eigenvalue weighted by Gasteiger charge is 2.40. The first-order chi connectivity index (χ1) is 16.5. The fourth-order valence-corrected chi connectivity index (χ4v) is 5.13. The van der Waals surface area contributed by atoms with Gasteiger partial charge in [-0.3, -0.25) is 0 Å². The van der Waals surface area contributed by atoms with Crippen LogP contribution < -0.4 is 0 Å². The fourth-order valence-electron chi connectivity index (χ4n) is 3.68. The van der Waals surface area contributed by atoms with E-state index in [0.29, 0.717) is 16.8 Å². The Bertz CT molecular complexity index is 1440. The van der Waals surface area contributed by atoms with Gasteiger partial charge in [0, 0.05) is 27.2 Å². The first-order valence-electron chi connectivity index (χ1n) is 10.3. The largest absolute Gasteiger partial charge is 0.435 e. The molecule has 0 saturated heterocycles. The highest BCUT2D eigenvalue weighted by atomic mass is 32.2. The molecular formula is C25H21F3N2O2S3. The van der Waals surface area contributed by atoms with Gasteiger partial charge in [0.2, 0.25) is 0 Å². The number of halogens is 3. The van der Waals surface area contributed by atoms with Gasteiger partial charge in [-0.05, 0) is 66.6 Å². The number of hydrogen-bond acceptors (Lipinski definition) is 5. The van der Waals surface area contributed by atoms with Crippen molar-refractivity contribution < 1.29 is 21.6 Å². The summed E-state index contributed by atoms with van der Waals surface area (Å²) in [6, 6.07) is 19.7. The first-order valence-corrected chi connectivity index (χ1v) is 14.7. The van der Waals surface area contributed by atoms with Gasteiger partial charge in [-0.25, -0.2) is 13.1 Å². The average Bonchev–Trinajstić information content (AvgIpc) is 3.25. The molecule has 0 unspecified atom stereocenters. The van der Waals surface area contributed by atoms with Crippen LogP contribution in [0.2, 0.25) is 0 Å². The van der Waals surface area contributed by atoms with E-state index in [1.54, 1.807) is 36.4 Å². The minimum Gasteiger partial charge on any atom is -0.232 e. The Morgan fingerprint density at radius 1 is 0.771 bits per heavy atom. The second-order valence-corrected chi connectivity index (χ2v) is 11.5. The van der Waals surface area contributed by atoms with Crippen molar-refractivity contribution in [1.29, 1.82) is 0 Å².